The van der Waals surface area contributed by atoms with Crippen molar-refractivity contribution in [3.8, 4) is 11.4 Å². The molecule has 3 aromatic rings. The van der Waals surface area contributed by atoms with Crippen LogP contribution in [-0.2, 0) is 11.8 Å². The van der Waals surface area contributed by atoms with E-state index in [0.717, 1.165) is 17.0 Å². The van der Waals surface area contributed by atoms with E-state index in [1.54, 1.807) is 0 Å². The number of carbonyl (C=O) groups is 1. The molecule has 0 fully saturated rings. The number of carbonyl (C=O) groups excluding carboxylic acids is 1. The lowest BCUT2D eigenvalue weighted by Gasteiger charge is -2.11. The van der Waals surface area contributed by atoms with Crippen molar-refractivity contribution in [1.82, 2.24) is 25.6 Å². The summed E-state index contributed by atoms with van der Waals surface area (Å²) in [6, 6.07) is 17.7. The zero-order valence-electron chi connectivity index (χ0n) is 15.3. The smallest absolute Gasteiger partial charge is 0.248 e. The molecule has 0 aliphatic rings. The molecular formula is C20H21N5OS. The predicted octanol–water partition coefficient (Wildman–Crippen LogP) is 3.17. The molecule has 7 heteroatoms. The van der Waals surface area contributed by atoms with Gasteiger partial charge in [-0.15, -0.1) is 10.2 Å². The van der Waals surface area contributed by atoms with Gasteiger partial charge >= 0.3 is 0 Å². The zero-order valence-corrected chi connectivity index (χ0v) is 16.1. The van der Waals surface area contributed by atoms with E-state index < -0.39 is 0 Å². The normalized spacial score (nSPS) is 10.4. The molecule has 0 spiro atoms. The molecule has 0 saturated carbocycles. The van der Waals surface area contributed by atoms with Crippen molar-refractivity contribution in [2.75, 3.05) is 5.75 Å². The van der Waals surface area contributed by atoms with Crippen molar-refractivity contribution in [3.63, 3.8) is 0 Å². The lowest BCUT2D eigenvalue weighted by molar-refractivity contribution is -0.119. The Morgan fingerprint density at radius 3 is 2.48 bits per heavy atom. The van der Waals surface area contributed by atoms with Gasteiger partial charge in [0.2, 0.25) is 5.91 Å². The molecule has 27 heavy (non-hydrogen) atoms. The van der Waals surface area contributed by atoms with Crippen LogP contribution in [0, 0.1) is 6.92 Å². The maximum Gasteiger partial charge on any atom is 0.248 e. The summed E-state index contributed by atoms with van der Waals surface area (Å²) in [7, 11) is 1.89. The number of nitrogens with zero attached hydrogens (tertiary/aromatic N) is 3. The van der Waals surface area contributed by atoms with Crippen LogP contribution >= 0.6 is 11.8 Å². The molecule has 2 aromatic carbocycles. The Morgan fingerprint density at radius 2 is 1.78 bits per heavy atom. The van der Waals surface area contributed by atoms with Crippen LogP contribution in [0.4, 0.5) is 0 Å². The third-order valence-corrected chi connectivity index (χ3v) is 4.97. The summed E-state index contributed by atoms with van der Waals surface area (Å²) >= 11 is 1.33. The third-order valence-electron chi connectivity index (χ3n) is 3.95. The van der Waals surface area contributed by atoms with Crippen molar-refractivity contribution < 1.29 is 4.79 Å². The van der Waals surface area contributed by atoms with E-state index >= 15 is 0 Å². The molecule has 0 atom stereocenters. The van der Waals surface area contributed by atoms with Gasteiger partial charge in [0.15, 0.2) is 11.0 Å². The van der Waals surface area contributed by atoms with E-state index in [-0.39, 0.29) is 11.7 Å². The Kier molecular flexibility index (Phi) is 5.93. The van der Waals surface area contributed by atoms with Gasteiger partial charge in [0.1, 0.15) is 0 Å². The van der Waals surface area contributed by atoms with Gasteiger partial charge in [-0.25, -0.2) is 0 Å². The standard InChI is InChI=1S/C20H21N5OS/c1-14-9-11-16(12-10-14)15(2)21-22-18(26)13-27-20-24-23-19(25(20)3)17-7-5-4-6-8-17/h4-12,21H,2,13H2,1,3H3,(H,22,26). The first-order chi connectivity index (χ1) is 13.0. The lowest BCUT2D eigenvalue weighted by atomic mass is 10.1. The number of aryl methyl sites for hydroxylation is 1. The Balaban J connectivity index is 1.52. The van der Waals surface area contributed by atoms with Gasteiger partial charge in [0, 0.05) is 12.6 Å². The van der Waals surface area contributed by atoms with Crippen molar-refractivity contribution in [1.29, 1.82) is 0 Å². The number of nitrogens with one attached hydrogen (secondary N) is 2. The van der Waals surface area contributed by atoms with Gasteiger partial charge < -0.3 is 4.57 Å². The van der Waals surface area contributed by atoms with E-state index in [9.17, 15) is 4.79 Å². The Hall–Kier alpha value is -3.06. The SMILES string of the molecule is C=C(NNC(=O)CSc1nnc(-c2ccccc2)n1C)c1ccc(C)cc1. The first-order valence-electron chi connectivity index (χ1n) is 8.43. The molecule has 2 N–H and O–H groups in total. The second kappa shape index (κ2) is 8.55. The molecule has 0 unspecified atom stereocenters. The van der Waals surface area contributed by atoms with E-state index in [1.165, 1.54) is 17.3 Å². The Bertz CT molecular complexity index is 935. The molecule has 0 aliphatic heterocycles. The summed E-state index contributed by atoms with van der Waals surface area (Å²) in [4.78, 5) is 12.1. The first-order valence-corrected chi connectivity index (χ1v) is 9.41. The maximum atomic E-state index is 12.1. The van der Waals surface area contributed by atoms with E-state index in [0.29, 0.717) is 10.9 Å². The highest BCUT2D eigenvalue weighted by atomic mass is 32.2. The number of rotatable bonds is 7. The van der Waals surface area contributed by atoms with Crippen LogP contribution in [0.3, 0.4) is 0 Å². The van der Waals surface area contributed by atoms with Crippen molar-refractivity contribution in [3.05, 3.63) is 72.3 Å². The molecule has 0 aliphatic carbocycles. The summed E-state index contributed by atoms with van der Waals surface area (Å²) in [6.45, 7) is 5.96. The van der Waals surface area contributed by atoms with Gasteiger partial charge in [0.25, 0.3) is 0 Å². The second-order valence-electron chi connectivity index (χ2n) is 6.04. The van der Waals surface area contributed by atoms with Crippen LogP contribution in [0.1, 0.15) is 11.1 Å². The van der Waals surface area contributed by atoms with E-state index in [1.807, 2.05) is 73.1 Å². The maximum absolute atomic E-state index is 12.1. The highest BCUT2D eigenvalue weighted by molar-refractivity contribution is 7.99. The molecule has 0 bridgehead atoms. The monoisotopic (exact) mass is 379 g/mol. The largest absolute Gasteiger partial charge is 0.305 e. The number of aromatic nitrogens is 3. The fourth-order valence-corrected chi connectivity index (χ4v) is 3.13. The molecule has 138 valence electrons. The van der Waals surface area contributed by atoms with Crippen molar-refractivity contribution in [2.24, 2.45) is 7.05 Å². The molecule has 6 nitrogen and oxygen atoms in total. The third kappa shape index (κ3) is 4.77. The minimum atomic E-state index is -0.169. The molecular weight excluding hydrogens is 358 g/mol. The van der Waals surface area contributed by atoms with Gasteiger partial charge in [-0.05, 0) is 12.5 Å². The number of benzene rings is 2. The molecule has 1 aromatic heterocycles. The van der Waals surface area contributed by atoms with Crippen molar-refractivity contribution in [2.45, 2.75) is 12.1 Å². The Morgan fingerprint density at radius 1 is 1.07 bits per heavy atom. The summed E-state index contributed by atoms with van der Waals surface area (Å²) in [6.07, 6.45) is 0. The highest BCUT2D eigenvalue weighted by Crippen LogP contribution is 2.22. The van der Waals surface area contributed by atoms with Crippen LogP contribution in [0.2, 0.25) is 0 Å². The number of thioether (sulfide) groups is 1. The number of amides is 1. The second-order valence-corrected chi connectivity index (χ2v) is 6.98. The quantitative estimate of drug-likeness (QED) is 0.487. The molecule has 3 rings (SSSR count). The Labute approximate surface area is 162 Å². The topological polar surface area (TPSA) is 71.8 Å². The minimum absolute atomic E-state index is 0.169. The number of hydrazine groups is 1. The van der Waals surface area contributed by atoms with Crippen LogP contribution < -0.4 is 10.9 Å². The van der Waals surface area contributed by atoms with Crippen LogP contribution in [-0.4, -0.2) is 26.4 Å². The summed E-state index contributed by atoms with van der Waals surface area (Å²) in [5.41, 5.74) is 9.23. The fraction of sp³-hybridized carbons (Fsp3) is 0.150. The lowest BCUT2D eigenvalue weighted by Crippen LogP contribution is -2.37. The molecule has 0 radical (unpaired) electrons. The summed E-state index contributed by atoms with van der Waals surface area (Å²) < 4.78 is 1.88. The molecule has 0 saturated heterocycles. The highest BCUT2D eigenvalue weighted by Gasteiger charge is 2.12. The molecule has 1 heterocycles. The summed E-state index contributed by atoms with van der Waals surface area (Å²) in [5.74, 6) is 0.816. The van der Waals surface area contributed by atoms with Crippen molar-refractivity contribution >= 4 is 23.4 Å². The summed E-state index contributed by atoms with van der Waals surface area (Å²) in [5, 5.41) is 9.07. The van der Waals surface area contributed by atoms with Crippen LogP contribution in [0.25, 0.3) is 17.1 Å². The first kappa shape index (κ1) is 18.7. The number of hydrogen-bond acceptors (Lipinski definition) is 5. The van der Waals surface area contributed by atoms with Gasteiger partial charge in [0.05, 0.1) is 11.4 Å². The predicted molar refractivity (Wildman–Crippen MR) is 109 cm³/mol. The molecule has 1 amide bonds. The van der Waals surface area contributed by atoms with Gasteiger partial charge in [-0.2, -0.15) is 0 Å². The van der Waals surface area contributed by atoms with Gasteiger partial charge in [-0.3, -0.25) is 15.6 Å². The average Bonchev–Trinajstić information content (AvgIpc) is 3.06. The minimum Gasteiger partial charge on any atom is -0.305 e. The van der Waals surface area contributed by atoms with E-state index in [4.69, 9.17) is 0 Å². The number of hydrogen-bond donors (Lipinski definition) is 2. The average molecular weight is 379 g/mol. The van der Waals surface area contributed by atoms with Gasteiger partial charge in [-0.1, -0.05) is 78.5 Å². The van der Waals surface area contributed by atoms with Crippen LogP contribution in [0.15, 0.2) is 66.3 Å². The van der Waals surface area contributed by atoms with Crippen LogP contribution in [0.5, 0.6) is 0 Å². The zero-order chi connectivity index (χ0) is 19.2. The fourth-order valence-electron chi connectivity index (χ4n) is 2.42. The van der Waals surface area contributed by atoms with E-state index in [2.05, 4.69) is 27.6 Å².